The molecule has 1 heterocycles. The van der Waals surface area contributed by atoms with Gasteiger partial charge in [0.2, 0.25) is 0 Å². The van der Waals surface area contributed by atoms with Crippen molar-refractivity contribution >= 4 is 21.8 Å². The normalized spacial score (nSPS) is 18.6. The van der Waals surface area contributed by atoms with Gasteiger partial charge in [0.1, 0.15) is 5.75 Å². The standard InChI is InChI=1S/C14H19BrN2O2/c1-16-8-11-6-7-17(9-11)14(18)10-19-13-4-2-12(15)3-5-13/h2-5,11,16H,6-10H2,1H3. The van der Waals surface area contributed by atoms with Crippen LogP contribution >= 0.6 is 15.9 Å². The third kappa shape index (κ3) is 4.21. The van der Waals surface area contributed by atoms with E-state index < -0.39 is 0 Å². The van der Waals surface area contributed by atoms with Gasteiger partial charge in [-0.05, 0) is 50.2 Å². The van der Waals surface area contributed by atoms with Crippen molar-refractivity contribution in [2.24, 2.45) is 5.92 Å². The van der Waals surface area contributed by atoms with E-state index in [1.807, 2.05) is 36.2 Å². The number of nitrogens with zero attached hydrogens (tertiary/aromatic N) is 1. The summed E-state index contributed by atoms with van der Waals surface area (Å²) in [4.78, 5) is 13.9. The van der Waals surface area contributed by atoms with Crippen molar-refractivity contribution in [1.29, 1.82) is 0 Å². The molecule has 2 rings (SSSR count). The molecule has 0 bridgehead atoms. The fourth-order valence-corrected chi connectivity index (χ4v) is 2.55. The first-order valence-electron chi connectivity index (χ1n) is 6.50. The lowest BCUT2D eigenvalue weighted by Crippen LogP contribution is -2.34. The van der Waals surface area contributed by atoms with Crippen LogP contribution in [-0.4, -0.2) is 44.1 Å². The molecule has 0 aromatic heterocycles. The SMILES string of the molecule is CNCC1CCN(C(=O)COc2ccc(Br)cc2)C1. The Bertz CT molecular complexity index is 422. The average molecular weight is 327 g/mol. The van der Waals surface area contributed by atoms with Crippen LogP contribution in [0.5, 0.6) is 5.75 Å². The Morgan fingerprint density at radius 1 is 1.47 bits per heavy atom. The first-order chi connectivity index (χ1) is 9.19. The molecule has 104 valence electrons. The molecule has 0 spiro atoms. The van der Waals surface area contributed by atoms with Crippen molar-refractivity contribution in [3.63, 3.8) is 0 Å². The minimum absolute atomic E-state index is 0.0709. The number of benzene rings is 1. The fraction of sp³-hybridized carbons (Fsp3) is 0.500. The zero-order valence-corrected chi connectivity index (χ0v) is 12.6. The van der Waals surface area contributed by atoms with Crippen LogP contribution in [-0.2, 0) is 4.79 Å². The van der Waals surface area contributed by atoms with Gasteiger partial charge in [-0.25, -0.2) is 0 Å². The third-order valence-corrected chi connectivity index (χ3v) is 3.84. The summed E-state index contributed by atoms with van der Waals surface area (Å²) in [6.45, 7) is 2.77. The van der Waals surface area contributed by atoms with Crippen molar-refractivity contribution in [3.8, 4) is 5.75 Å². The van der Waals surface area contributed by atoms with Gasteiger partial charge in [0.05, 0.1) is 0 Å². The molecule has 1 aromatic rings. The molecule has 1 aliphatic heterocycles. The second kappa shape index (κ2) is 6.91. The largest absolute Gasteiger partial charge is 0.484 e. The molecule has 1 N–H and O–H groups in total. The number of carbonyl (C=O) groups excluding carboxylic acids is 1. The smallest absolute Gasteiger partial charge is 0.260 e. The van der Waals surface area contributed by atoms with Crippen LogP contribution < -0.4 is 10.1 Å². The highest BCUT2D eigenvalue weighted by Crippen LogP contribution is 2.18. The highest BCUT2D eigenvalue weighted by atomic mass is 79.9. The van der Waals surface area contributed by atoms with E-state index in [4.69, 9.17) is 4.74 Å². The van der Waals surface area contributed by atoms with Gasteiger partial charge in [0.25, 0.3) is 5.91 Å². The molecule has 1 amide bonds. The number of carbonyl (C=O) groups is 1. The maximum atomic E-state index is 12.0. The third-order valence-electron chi connectivity index (χ3n) is 3.31. The molecule has 0 saturated carbocycles. The maximum absolute atomic E-state index is 12.0. The molecule has 1 fully saturated rings. The van der Waals surface area contributed by atoms with E-state index >= 15 is 0 Å². The summed E-state index contributed by atoms with van der Waals surface area (Å²) < 4.78 is 6.50. The van der Waals surface area contributed by atoms with Gasteiger partial charge in [0.15, 0.2) is 6.61 Å². The second-order valence-corrected chi connectivity index (χ2v) is 5.71. The van der Waals surface area contributed by atoms with Gasteiger partial charge >= 0.3 is 0 Å². The summed E-state index contributed by atoms with van der Waals surface area (Å²) in [5.74, 6) is 1.37. The Kier molecular flexibility index (Phi) is 5.22. The van der Waals surface area contributed by atoms with Crippen molar-refractivity contribution in [2.45, 2.75) is 6.42 Å². The van der Waals surface area contributed by atoms with Gasteiger partial charge in [-0.1, -0.05) is 15.9 Å². The van der Waals surface area contributed by atoms with Crippen LogP contribution in [0.1, 0.15) is 6.42 Å². The number of halogens is 1. The van der Waals surface area contributed by atoms with Crippen LogP contribution in [0.25, 0.3) is 0 Å². The van der Waals surface area contributed by atoms with Crippen LogP contribution in [0.4, 0.5) is 0 Å². The van der Waals surface area contributed by atoms with Crippen LogP contribution in [0, 0.1) is 5.92 Å². The zero-order valence-electron chi connectivity index (χ0n) is 11.1. The number of hydrogen-bond acceptors (Lipinski definition) is 3. The molecule has 1 aromatic carbocycles. The Hall–Kier alpha value is -1.07. The van der Waals surface area contributed by atoms with E-state index in [2.05, 4.69) is 21.2 Å². The molecule has 4 nitrogen and oxygen atoms in total. The number of hydrogen-bond donors (Lipinski definition) is 1. The fourth-order valence-electron chi connectivity index (χ4n) is 2.28. The van der Waals surface area contributed by atoms with E-state index in [1.54, 1.807) is 0 Å². The summed E-state index contributed by atoms with van der Waals surface area (Å²) in [6.07, 6.45) is 1.07. The summed E-state index contributed by atoms with van der Waals surface area (Å²) in [5, 5.41) is 3.16. The van der Waals surface area contributed by atoms with Crippen molar-refractivity contribution in [2.75, 3.05) is 33.3 Å². The van der Waals surface area contributed by atoms with Crippen molar-refractivity contribution in [3.05, 3.63) is 28.7 Å². The number of ether oxygens (including phenoxy) is 1. The Balaban J connectivity index is 1.77. The predicted molar refractivity (Wildman–Crippen MR) is 78.3 cm³/mol. The minimum atomic E-state index is 0.0709. The van der Waals surface area contributed by atoms with Gasteiger partial charge < -0.3 is 15.0 Å². The zero-order chi connectivity index (χ0) is 13.7. The molecule has 1 aliphatic rings. The van der Waals surface area contributed by atoms with Crippen LogP contribution in [0.3, 0.4) is 0 Å². The van der Waals surface area contributed by atoms with E-state index in [0.29, 0.717) is 5.92 Å². The highest BCUT2D eigenvalue weighted by Gasteiger charge is 2.25. The van der Waals surface area contributed by atoms with Crippen molar-refractivity contribution in [1.82, 2.24) is 10.2 Å². The number of rotatable bonds is 5. The van der Waals surface area contributed by atoms with Crippen LogP contribution in [0.2, 0.25) is 0 Å². The van der Waals surface area contributed by atoms with E-state index in [1.165, 1.54) is 0 Å². The minimum Gasteiger partial charge on any atom is -0.484 e. The van der Waals surface area contributed by atoms with Crippen molar-refractivity contribution < 1.29 is 9.53 Å². The number of nitrogens with one attached hydrogen (secondary N) is 1. The summed E-state index contributed by atoms with van der Waals surface area (Å²) >= 11 is 3.36. The van der Waals surface area contributed by atoms with E-state index in [-0.39, 0.29) is 12.5 Å². The topological polar surface area (TPSA) is 41.6 Å². The van der Waals surface area contributed by atoms with Crippen LogP contribution in [0.15, 0.2) is 28.7 Å². The molecular formula is C14H19BrN2O2. The molecule has 0 radical (unpaired) electrons. The van der Waals surface area contributed by atoms with Gasteiger partial charge in [-0.3, -0.25) is 4.79 Å². The molecule has 1 unspecified atom stereocenters. The number of likely N-dealkylation sites (tertiary alicyclic amines) is 1. The molecular weight excluding hydrogens is 308 g/mol. The Morgan fingerprint density at radius 3 is 2.89 bits per heavy atom. The lowest BCUT2D eigenvalue weighted by molar-refractivity contribution is -0.132. The van der Waals surface area contributed by atoms with Gasteiger partial charge in [-0.15, -0.1) is 0 Å². The van der Waals surface area contributed by atoms with Gasteiger partial charge in [0, 0.05) is 17.6 Å². The van der Waals surface area contributed by atoms with E-state index in [0.717, 1.165) is 36.3 Å². The second-order valence-electron chi connectivity index (χ2n) is 4.79. The molecule has 1 atom stereocenters. The molecule has 1 saturated heterocycles. The van der Waals surface area contributed by atoms with E-state index in [9.17, 15) is 4.79 Å². The average Bonchev–Trinajstić information content (AvgIpc) is 2.87. The lowest BCUT2D eigenvalue weighted by Gasteiger charge is -2.17. The maximum Gasteiger partial charge on any atom is 0.260 e. The quantitative estimate of drug-likeness (QED) is 0.898. The highest BCUT2D eigenvalue weighted by molar-refractivity contribution is 9.10. The monoisotopic (exact) mass is 326 g/mol. The molecule has 5 heteroatoms. The summed E-state index contributed by atoms with van der Waals surface area (Å²) in [5.41, 5.74) is 0. The molecule has 19 heavy (non-hydrogen) atoms. The lowest BCUT2D eigenvalue weighted by atomic mass is 10.1. The summed E-state index contributed by atoms with van der Waals surface area (Å²) in [7, 11) is 1.95. The van der Waals surface area contributed by atoms with Gasteiger partial charge in [-0.2, -0.15) is 0 Å². The Labute approximate surface area is 122 Å². The number of amides is 1. The molecule has 0 aliphatic carbocycles. The first kappa shape index (κ1) is 14.3. The Morgan fingerprint density at radius 2 is 2.21 bits per heavy atom. The first-order valence-corrected chi connectivity index (χ1v) is 7.29. The summed E-state index contributed by atoms with van der Waals surface area (Å²) in [6, 6.07) is 7.51. The predicted octanol–water partition coefficient (Wildman–Crippen LogP) is 1.90.